The maximum atomic E-state index is 13.5. The smallest absolute Gasteiger partial charge is 0.412 e. The van der Waals surface area contributed by atoms with Crippen LogP contribution in [0.1, 0.15) is 25.6 Å². The number of hydrogen-bond acceptors (Lipinski definition) is 4. The summed E-state index contributed by atoms with van der Waals surface area (Å²) in [6.07, 6.45) is -0.579. The van der Waals surface area contributed by atoms with Crippen molar-refractivity contribution in [1.29, 1.82) is 0 Å². The van der Waals surface area contributed by atoms with Crippen LogP contribution in [0.25, 0.3) is 0 Å². The minimum absolute atomic E-state index is 0.382. The van der Waals surface area contributed by atoms with E-state index in [0.29, 0.717) is 17.9 Å². The van der Waals surface area contributed by atoms with Crippen LogP contribution in [0, 0.1) is 5.82 Å². The number of carbonyl (C=O) groups excluding carboxylic acids is 1. The summed E-state index contributed by atoms with van der Waals surface area (Å²) in [5, 5.41) is 7.74. The number of nitrogens with one attached hydrogen (secondary N) is 2. The lowest BCUT2D eigenvalue weighted by Gasteiger charge is -2.20. The van der Waals surface area contributed by atoms with Crippen LogP contribution >= 0.6 is 27.3 Å². The molecule has 1 aromatic carbocycles. The second-order valence-electron chi connectivity index (χ2n) is 5.86. The van der Waals surface area contributed by atoms with Gasteiger partial charge >= 0.3 is 6.09 Å². The standard InChI is InChI=1S/C16H18BrFN2O2S/c1-16(2,3)22-15(21)20-12-5-4-10(18)8-13(12)19-9-14-11(17)6-7-23-14/h4-8,19H,9H2,1-3H3,(H,20,21). The highest BCUT2D eigenvalue weighted by molar-refractivity contribution is 9.10. The third-order valence-electron chi connectivity index (χ3n) is 2.75. The van der Waals surface area contributed by atoms with Gasteiger partial charge < -0.3 is 10.1 Å². The van der Waals surface area contributed by atoms with E-state index in [4.69, 9.17) is 4.74 Å². The van der Waals surface area contributed by atoms with Crippen molar-refractivity contribution in [3.63, 3.8) is 0 Å². The molecule has 0 radical (unpaired) electrons. The van der Waals surface area contributed by atoms with Crippen LogP contribution in [0.3, 0.4) is 0 Å². The van der Waals surface area contributed by atoms with Gasteiger partial charge in [-0.05, 0) is 66.3 Å². The molecule has 0 unspecified atom stereocenters. The van der Waals surface area contributed by atoms with E-state index >= 15 is 0 Å². The van der Waals surface area contributed by atoms with Gasteiger partial charge in [0.1, 0.15) is 11.4 Å². The second-order valence-corrected chi connectivity index (χ2v) is 7.72. The summed E-state index contributed by atoms with van der Waals surface area (Å²) in [4.78, 5) is 13.0. The summed E-state index contributed by atoms with van der Waals surface area (Å²) < 4.78 is 19.7. The van der Waals surface area contributed by atoms with E-state index in [1.54, 1.807) is 32.1 Å². The fourth-order valence-corrected chi connectivity index (χ4v) is 3.24. The van der Waals surface area contributed by atoms with Gasteiger partial charge in [-0.25, -0.2) is 9.18 Å². The molecule has 2 N–H and O–H groups in total. The molecule has 1 aromatic heterocycles. The maximum absolute atomic E-state index is 13.5. The zero-order valence-corrected chi connectivity index (χ0v) is 15.5. The van der Waals surface area contributed by atoms with Crippen molar-refractivity contribution in [2.75, 3.05) is 10.6 Å². The van der Waals surface area contributed by atoms with Crippen LogP contribution < -0.4 is 10.6 Å². The molecule has 4 nitrogen and oxygen atoms in total. The van der Waals surface area contributed by atoms with Crippen molar-refractivity contribution >= 4 is 44.7 Å². The van der Waals surface area contributed by atoms with Crippen LogP contribution in [-0.2, 0) is 11.3 Å². The fourth-order valence-electron chi connectivity index (χ4n) is 1.81. The molecule has 2 aromatic rings. The van der Waals surface area contributed by atoms with Crippen LogP contribution in [0.15, 0.2) is 34.1 Å². The van der Waals surface area contributed by atoms with Crippen LogP contribution in [0.5, 0.6) is 0 Å². The molecule has 0 spiro atoms. The van der Waals surface area contributed by atoms with Gasteiger partial charge in [-0.2, -0.15) is 0 Å². The van der Waals surface area contributed by atoms with E-state index < -0.39 is 11.7 Å². The SMILES string of the molecule is CC(C)(C)OC(=O)Nc1ccc(F)cc1NCc1sccc1Br. The Hall–Kier alpha value is -1.60. The van der Waals surface area contributed by atoms with E-state index in [0.717, 1.165) is 9.35 Å². The van der Waals surface area contributed by atoms with Gasteiger partial charge in [-0.3, -0.25) is 5.32 Å². The molecule has 1 amide bonds. The van der Waals surface area contributed by atoms with Crippen molar-refractivity contribution in [3.05, 3.63) is 44.8 Å². The number of ether oxygens (including phenoxy) is 1. The number of thiophene rings is 1. The van der Waals surface area contributed by atoms with Crippen LogP contribution in [0.2, 0.25) is 0 Å². The molecule has 2 rings (SSSR count). The number of benzene rings is 1. The predicted octanol–water partition coefficient (Wildman–Crippen LogP) is 5.61. The highest BCUT2D eigenvalue weighted by Crippen LogP contribution is 2.27. The number of hydrogen-bond donors (Lipinski definition) is 2. The zero-order chi connectivity index (χ0) is 17.0. The molecule has 0 saturated heterocycles. The van der Waals surface area contributed by atoms with E-state index in [-0.39, 0.29) is 5.82 Å². The Balaban J connectivity index is 2.11. The monoisotopic (exact) mass is 400 g/mol. The quantitative estimate of drug-likeness (QED) is 0.700. The number of amides is 1. The number of halogens is 2. The maximum Gasteiger partial charge on any atom is 0.412 e. The van der Waals surface area contributed by atoms with Gasteiger partial charge in [-0.1, -0.05) is 0 Å². The van der Waals surface area contributed by atoms with Gasteiger partial charge in [0.05, 0.1) is 17.9 Å². The first-order valence-electron chi connectivity index (χ1n) is 7.00. The van der Waals surface area contributed by atoms with Gasteiger partial charge in [-0.15, -0.1) is 11.3 Å². The van der Waals surface area contributed by atoms with E-state index in [1.165, 1.54) is 18.2 Å². The minimum atomic E-state index is -0.598. The summed E-state index contributed by atoms with van der Waals surface area (Å²) >= 11 is 5.04. The van der Waals surface area contributed by atoms with Crippen molar-refractivity contribution in [3.8, 4) is 0 Å². The van der Waals surface area contributed by atoms with Crippen LogP contribution in [0.4, 0.5) is 20.6 Å². The minimum Gasteiger partial charge on any atom is -0.444 e. The average molecular weight is 401 g/mol. The van der Waals surface area contributed by atoms with Crippen molar-refractivity contribution in [1.82, 2.24) is 0 Å². The van der Waals surface area contributed by atoms with Gasteiger partial charge in [0.25, 0.3) is 0 Å². The van der Waals surface area contributed by atoms with Crippen LogP contribution in [-0.4, -0.2) is 11.7 Å². The average Bonchev–Trinajstić information content (AvgIpc) is 2.82. The van der Waals surface area contributed by atoms with Gasteiger partial charge in [0.15, 0.2) is 0 Å². The summed E-state index contributed by atoms with van der Waals surface area (Å²) in [6.45, 7) is 5.87. The molecule has 1 heterocycles. The summed E-state index contributed by atoms with van der Waals surface area (Å²) in [6, 6.07) is 6.09. The predicted molar refractivity (Wildman–Crippen MR) is 95.6 cm³/mol. The summed E-state index contributed by atoms with van der Waals surface area (Å²) in [5.41, 5.74) is 0.365. The highest BCUT2D eigenvalue weighted by Gasteiger charge is 2.17. The first-order chi connectivity index (χ1) is 10.7. The zero-order valence-electron chi connectivity index (χ0n) is 13.1. The first kappa shape index (κ1) is 17.7. The summed E-state index contributed by atoms with van der Waals surface area (Å²) in [7, 11) is 0. The van der Waals surface area contributed by atoms with Crippen molar-refractivity contribution in [2.45, 2.75) is 32.9 Å². The third-order valence-corrected chi connectivity index (χ3v) is 4.67. The lowest BCUT2D eigenvalue weighted by molar-refractivity contribution is 0.0636. The highest BCUT2D eigenvalue weighted by atomic mass is 79.9. The Morgan fingerprint density at radius 1 is 1.30 bits per heavy atom. The normalized spacial score (nSPS) is 11.2. The third kappa shape index (κ3) is 5.51. The Labute approximate surface area is 147 Å². The molecule has 0 fully saturated rings. The number of carbonyl (C=O) groups is 1. The van der Waals surface area contributed by atoms with E-state index in [1.807, 2.05) is 11.4 Å². The Morgan fingerprint density at radius 2 is 2.04 bits per heavy atom. The summed E-state index contributed by atoms with van der Waals surface area (Å²) in [5.74, 6) is -0.382. The molecule has 0 aliphatic carbocycles. The molecule has 23 heavy (non-hydrogen) atoms. The second kappa shape index (κ2) is 7.31. The van der Waals surface area contributed by atoms with Crippen molar-refractivity contribution in [2.24, 2.45) is 0 Å². The molecule has 0 saturated carbocycles. The molecule has 0 aliphatic rings. The molecule has 7 heteroatoms. The van der Waals surface area contributed by atoms with Gasteiger partial charge in [0.2, 0.25) is 0 Å². The van der Waals surface area contributed by atoms with E-state index in [2.05, 4.69) is 26.6 Å². The number of rotatable bonds is 4. The Bertz CT molecular complexity index is 698. The molecule has 0 atom stereocenters. The molecular formula is C16H18BrFN2O2S. The Kier molecular flexibility index (Phi) is 5.64. The number of anilines is 2. The molecule has 124 valence electrons. The van der Waals surface area contributed by atoms with Crippen molar-refractivity contribution < 1.29 is 13.9 Å². The molecule has 0 bridgehead atoms. The fraction of sp³-hybridized carbons (Fsp3) is 0.312. The first-order valence-corrected chi connectivity index (χ1v) is 8.67. The largest absolute Gasteiger partial charge is 0.444 e. The topological polar surface area (TPSA) is 50.4 Å². The van der Waals surface area contributed by atoms with Gasteiger partial charge in [0, 0.05) is 9.35 Å². The lowest BCUT2D eigenvalue weighted by atomic mass is 10.2. The molecular weight excluding hydrogens is 383 g/mol. The molecule has 0 aliphatic heterocycles. The Morgan fingerprint density at radius 3 is 2.65 bits per heavy atom. The van der Waals surface area contributed by atoms with E-state index in [9.17, 15) is 9.18 Å². The lowest BCUT2D eigenvalue weighted by Crippen LogP contribution is -2.27.